The van der Waals surface area contributed by atoms with Crippen LogP contribution in [0.4, 0.5) is 5.95 Å². The van der Waals surface area contributed by atoms with Crippen molar-refractivity contribution in [3.8, 4) is 0 Å². The van der Waals surface area contributed by atoms with Gasteiger partial charge in [0.2, 0.25) is 5.95 Å². The Kier molecular flexibility index (Phi) is 5.35. The van der Waals surface area contributed by atoms with Gasteiger partial charge in [-0.2, -0.15) is 5.10 Å². The molecule has 8 heteroatoms. The van der Waals surface area contributed by atoms with Crippen LogP contribution in [0.2, 0.25) is 0 Å². The first-order chi connectivity index (χ1) is 10.9. The van der Waals surface area contributed by atoms with Gasteiger partial charge < -0.3 is 0 Å². The first-order valence-corrected chi connectivity index (χ1v) is 9.26. The standard InChI is InChI=1S/C15H23N5O2S/c1-5-7-8-13-9-10-16-15(17-13)19-23(21,22)14-11(3)18-20(6-2)12(14)4/h9-10H,5-8H2,1-4H3,(H,16,17,19). The zero-order chi connectivity index (χ0) is 17.0. The van der Waals surface area contributed by atoms with Crippen molar-refractivity contribution in [2.75, 3.05) is 4.72 Å². The largest absolute Gasteiger partial charge is 0.268 e. The van der Waals surface area contributed by atoms with Crippen LogP contribution in [0.1, 0.15) is 43.8 Å². The van der Waals surface area contributed by atoms with Crippen LogP contribution in [0, 0.1) is 13.8 Å². The summed E-state index contributed by atoms with van der Waals surface area (Å²) >= 11 is 0. The number of nitrogens with one attached hydrogen (secondary N) is 1. The van der Waals surface area contributed by atoms with E-state index < -0.39 is 10.0 Å². The molecule has 0 atom stereocenters. The van der Waals surface area contributed by atoms with Gasteiger partial charge >= 0.3 is 0 Å². The first-order valence-electron chi connectivity index (χ1n) is 7.77. The molecule has 0 aliphatic rings. The highest BCUT2D eigenvalue weighted by Gasteiger charge is 2.25. The van der Waals surface area contributed by atoms with Gasteiger partial charge in [0.05, 0.1) is 11.4 Å². The van der Waals surface area contributed by atoms with Gasteiger partial charge in [-0.3, -0.25) is 4.68 Å². The van der Waals surface area contributed by atoms with Gasteiger partial charge in [0, 0.05) is 18.4 Å². The van der Waals surface area contributed by atoms with Crippen molar-refractivity contribution < 1.29 is 8.42 Å². The molecule has 0 aliphatic heterocycles. The first kappa shape index (κ1) is 17.4. The predicted octanol–water partition coefficient (Wildman–Crippen LogP) is 2.45. The molecule has 0 saturated heterocycles. The summed E-state index contributed by atoms with van der Waals surface area (Å²) in [5, 5.41) is 4.25. The summed E-state index contributed by atoms with van der Waals surface area (Å²) in [6, 6.07) is 1.80. The minimum Gasteiger partial charge on any atom is -0.268 e. The summed E-state index contributed by atoms with van der Waals surface area (Å²) in [7, 11) is -3.76. The van der Waals surface area contributed by atoms with Gasteiger partial charge in [0.25, 0.3) is 10.0 Å². The third kappa shape index (κ3) is 3.87. The van der Waals surface area contributed by atoms with E-state index in [9.17, 15) is 8.42 Å². The van der Waals surface area contributed by atoms with Crippen LogP contribution in [-0.4, -0.2) is 28.2 Å². The minimum atomic E-state index is -3.76. The van der Waals surface area contributed by atoms with Crippen LogP contribution >= 0.6 is 0 Å². The molecule has 23 heavy (non-hydrogen) atoms. The predicted molar refractivity (Wildman–Crippen MR) is 88.8 cm³/mol. The van der Waals surface area contributed by atoms with Crippen molar-refractivity contribution in [3.05, 3.63) is 29.3 Å². The van der Waals surface area contributed by atoms with Crippen molar-refractivity contribution in [1.82, 2.24) is 19.7 Å². The number of hydrogen-bond donors (Lipinski definition) is 1. The molecule has 0 fully saturated rings. The molecule has 7 nitrogen and oxygen atoms in total. The molecule has 126 valence electrons. The van der Waals surface area contributed by atoms with Crippen molar-refractivity contribution in [3.63, 3.8) is 0 Å². The number of hydrogen-bond acceptors (Lipinski definition) is 5. The van der Waals surface area contributed by atoms with Gasteiger partial charge in [-0.1, -0.05) is 13.3 Å². The fourth-order valence-corrected chi connectivity index (χ4v) is 3.86. The molecule has 0 bridgehead atoms. The topological polar surface area (TPSA) is 89.8 Å². The molecular formula is C15H23N5O2S. The molecule has 0 aliphatic carbocycles. The van der Waals surface area contributed by atoms with Gasteiger partial charge in [-0.05, 0) is 39.7 Å². The van der Waals surface area contributed by atoms with E-state index in [1.54, 1.807) is 30.8 Å². The zero-order valence-corrected chi connectivity index (χ0v) is 14.8. The Bertz CT molecular complexity index is 783. The Labute approximate surface area is 137 Å². The lowest BCUT2D eigenvalue weighted by Crippen LogP contribution is -2.17. The average Bonchev–Trinajstić information content (AvgIpc) is 2.79. The minimum absolute atomic E-state index is 0.0988. The number of anilines is 1. The normalized spacial score (nSPS) is 11.7. The van der Waals surface area contributed by atoms with Crippen LogP contribution in [-0.2, 0) is 23.0 Å². The Balaban J connectivity index is 2.30. The van der Waals surface area contributed by atoms with Crippen LogP contribution < -0.4 is 4.72 Å². The quantitative estimate of drug-likeness (QED) is 0.838. The lowest BCUT2D eigenvalue weighted by molar-refractivity contribution is 0.598. The molecule has 2 aromatic heterocycles. The van der Waals surface area contributed by atoms with E-state index in [4.69, 9.17) is 0 Å². The number of aromatic nitrogens is 4. The lowest BCUT2D eigenvalue weighted by atomic mass is 10.2. The summed E-state index contributed by atoms with van der Waals surface area (Å²) < 4.78 is 29.4. The SMILES string of the molecule is CCCCc1ccnc(NS(=O)(=O)c2c(C)nn(CC)c2C)n1. The molecule has 0 unspecified atom stereocenters. The van der Waals surface area contributed by atoms with E-state index in [-0.39, 0.29) is 10.8 Å². The summed E-state index contributed by atoms with van der Waals surface area (Å²) in [5.74, 6) is 0.0988. The van der Waals surface area contributed by atoms with Crippen LogP contribution in [0.3, 0.4) is 0 Å². The van der Waals surface area contributed by atoms with Crippen LogP contribution in [0.15, 0.2) is 17.2 Å². The highest BCUT2D eigenvalue weighted by Crippen LogP contribution is 2.21. The van der Waals surface area contributed by atoms with E-state index in [0.717, 1.165) is 25.0 Å². The molecule has 0 saturated carbocycles. The van der Waals surface area contributed by atoms with Gasteiger partial charge in [-0.25, -0.2) is 23.1 Å². The monoisotopic (exact) mass is 337 g/mol. The maximum atomic E-state index is 12.7. The summed E-state index contributed by atoms with van der Waals surface area (Å²) in [4.78, 5) is 8.49. The Morgan fingerprint density at radius 3 is 2.61 bits per heavy atom. The number of rotatable bonds is 7. The second kappa shape index (κ2) is 7.08. The van der Waals surface area contributed by atoms with E-state index in [1.165, 1.54) is 0 Å². The van der Waals surface area contributed by atoms with Crippen molar-refractivity contribution in [1.29, 1.82) is 0 Å². The molecule has 2 aromatic rings. The summed E-state index contributed by atoms with van der Waals surface area (Å²) in [6.45, 7) is 8.07. The van der Waals surface area contributed by atoms with Crippen molar-refractivity contribution in [2.24, 2.45) is 0 Å². The number of sulfonamides is 1. The van der Waals surface area contributed by atoms with E-state index in [0.29, 0.717) is 17.9 Å². The zero-order valence-electron chi connectivity index (χ0n) is 14.0. The molecule has 0 amide bonds. The molecule has 0 spiro atoms. The number of unbranched alkanes of at least 4 members (excludes halogenated alkanes) is 1. The Morgan fingerprint density at radius 1 is 1.26 bits per heavy atom. The molecular weight excluding hydrogens is 314 g/mol. The molecule has 2 rings (SSSR count). The van der Waals surface area contributed by atoms with E-state index in [2.05, 4.69) is 26.7 Å². The second-order valence-electron chi connectivity index (χ2n) is 5.40. The van der Waals surface area contributed by atoms with Gasteiger partial charge in [-0.15, -0.1) is 0 Å². The second-order valence-corrected chi connectivity index (χ2v) is 7.02. The number of aryl methyl sites for hydroxylation is 3. The van der Waals surface area contributed by atoms with Crippen LogP contribution in [0.5, 0.6) is 0 Å². The van der Waals surface area contributed by atoms with E-state index in [1.807, 2.05) is 6.92 Å². The maximum Gasteiger partial charge on any atom is 0.267 e. The third-order valence-electron chi connectivity index (χ3n) is 3.61. The highest BCUT2D eigenvalue weighted by atomic mass is 32.2. The molecule has 2 heterocycles. The van der Waals surface area contributed by atoms with Gasteiger partial charge in [0.1, 0.15) is 4.90 Å². The average molecular weight is 337 g/mol. The summed E-state index contributed by atoms with van der Waals surface area (Å²) in [6.07, 6.45) is 4.44. The lowest BCUT2D eigenvalue weighted by Gasteiger charge is -2.08. The van der Waals surface area contributed by atoms with Crippen molar-refractivity contribution in [2.45, 2.75) is 58.4 Å². The van der Waals surface area contributed by atoms with Gasteiger partial charge in [0.15, 0.2) is 0 Å². The molecule has 1 N–H and O–H groups in total. The van der Waals surface area contributed by atoms with Crippen molar-refractivity contribution >= 4 is 16.0 Å². The Morgan fingerprint density at radius 2 is 2.00 bits per heavy atom. The van der Waals surface area contributed by atoms with E-state index >= 15 is 0 Å². The molecule has 0 radical (unpaired) electrons. The van der Waals surface area contributed by atoms with Crippen LogP contribution in [0.25, 0.3) is 0 Å². The fourth-order valence-electron chi connectivity index (χ4n) is 2.49. The highest BCUT2D eigenvalue weighted by molar-refractivity contribution is 7.92. The Hall–Kier alpha value is -1.96. The smallest absolute Gasteiger partial charge is 0.267 e. The maximum absolute atomic E-state index is 12.7. The third-order valence-corrected chi connectivity index (χ3v) is 5.19. The molecule has 0 aromatic carbocycles. The number of nitrogens with zero attached hydrogens (tertiary/aromatic N) is 4. The summed E-state index contributed by atoms with van der Waals surface area (Å²) in [5.41, 5.74) is 1.91. The fraction of sp³-hybridized carbons (Fsp3) is 0.533.